The average molecular weight is 257 g/mol. The maximum atomic E-state index is 11.0. The van der Waals surface area contributed by atoms with Crippen LogP contribution in [0.2, 0.25) is 0 Å². The van der Waals surface area contributed by atoms with Crippen molar-refractivity contribution in [2.45, 2.75) is 84.2 Å². The zero-order chi connectivity index (χ0) is 13.6. The summed E-state index contributed by atoms with van der Waals surface area (Å²) in [6.07, 6.45) is 12.1. The third-order valence-corrected chi connectivity index (χ3v) is 3.21. The van der Waals surface area contributed by atoms with E-state index in [9.17, 15) is 4.79 Å². The molecule has 0 bridgehead atoms. The zero-order valence-electron chi connectivity index (χ0n) is 12.2. The number of unbranched alkanes of at least 4 members (excludes halogenated alkanes) is 9. The van der Waals surface area contributed by atoms with Gasteiger partial charge in [-0.2, -0.15) is 0 Å². The van der Waals surface area contributed by atoms with Crippen molar-refractivity contribution >= 4 is 5.91 Å². The lowest BCUT2D eigenvalue weighted by atomic mass is 10.1. The quantitative estimate of drug-likeness (QED) is 0.526. The summed E-state index contributed by atoms with van der Waals surface area (Å²) in [5.74, 6) is -0.258. The molecule has 0 unspecified atom stereocenters. The highest BCUT2D eigenvalue weighted by Crippen LogP contribution is 2.10. The Balaban J connectivity index is 3.05. The number of hydrogen-bond acceptors (Lipinski definition) is 2. The van der Waals surface area contributed by atoms with Gasteiger partial charge >= 0.3 is 0 Å². The normalized spacial score (nSPS) is 12.4. The molecule has 0 rings (SSSR count). The van der Waals surface area contributed by atoms with E-state index in [1.807, 2.05) is 0 Å². The van der Waals surface area contributed by atoms with Gasteiger partial charge in [-0.3, -0.25) is 4.79 Å². The van der Waals surface area contributed by atoms with Crippen molar-refractivity contribution in [1.29, 1.82) is 0 Å². The van der Waals surface area contributed by atoms with Crippen LogP contribution in [0.25, 0.3) is 0 Å². The van der Waals surface area contributed by atoms with Gasteiger partial charge < -0.3 is 10.4 Å². The van der Waals surface area contributed by atoms with Gasteiger partial charge in [-0.25, -0.2) is 0 Å². The van der Waals surface area contributed by atoms with E-state index in [1.165, 1.54) is 64.7 Å². The molecule has 3 nitrogen and oxygen atoms in total. The smallest absolute Gasteiger partial charge is 0.248 e. The first-order valence-corrected chi connectivity index (χ1v) is 7.64. The molecular weight excluding hydrogens is 226 g/mol. The molecule has 0 aliphatic rings. The van der Waals surface area contributed by atoms with Crippen molar-refractivity contribution in [3.8, 4) is 0 Å². The molecule has 0 saturated carbocycles. The van der Waals surface area contributed by atoms with Crippen molar-refractivity contribution in [3.63, 3.8) is 0 Å². The third-order valence-electron chi connectivity index (χ3n) is 3.21. The van der Waals surface area contributed by atoms with Crippen molar-refractivity contribution < 1.29 is 9.90 Å². The third kappa shape index (κ3) is 11.9. The number of aliphatic hydroxyl groups excluding tert-OH is 1. The fraction of sp³-hybridized carbons (Fsp3) is 0.933. The van der Waals surface area contributed by atoms with E-state index >= 15 is 0 Å². The molecule has 0 aromatic rings. The second-order valence-corrected chi connectivity index (χ2v) is 5.15. The van der Waals surface area contributed by atoms with E-state index in [0.717, 1.165) is 6.42 Å². The van der Waals surface area contributed by atoms with Crippen LogP contribution in [0, 0.1) is 0 Å². The average Bonchev–Trinajstić information content (AvgIpc) is 2.35. The summed E-state index contributed by atoms with van der Waals surface area (Å²) in [5.41, 5.74) is 0. The molecule has 0 saturated heterocycles. The van der Waals surface area contributed by atoms with Crippen molar-refractivity contribution in [1.82, 2.24) is 5.32 Å². The summed E-state index contributed by atoms with van der Waals surface area (Å²) in [6.45, 7) is 4.43. The Kier molecular flexibility index (Phi) is 12.5. The van der Waals surface area contributed by atoms with Crippen LogP contribution in [0.1, 0.15) is 78.1 Å². The van der Waals surface area contributed by atoms with E-state index < -0.39 is 6.10 Å². The van der Waals surface area contributed by atoms with Gasteiger partial charge in [0.1, 0.15) is 6.10 Å². The summed E-state index contributed by atoms with van der Waals surface area (Å²) in [5, 5.41) is 11.7. The molecule has 0 aromatic heterocycles. The Bertz CT molecular complexity index is 193. The molecule has 0 fully saturated rings. The number of carbonyl (C=O) groups is 1. The van der Waals surface area contributed by atoms with Gasteiger partial charge in [0.2, 0.25) is 5.91 Å². The summed E-state index contributed by atoms with van der Waals surface area (Å²) in [7, 11) is 0. The standard InChI is InChI=1S/C15H31NO2/c1-3-4-5-6-7-8-9-10-11-12-13-16-15(18)14(2)17/h14,17H,3-13H2,1-2H3,(H,16,18)/t14-/m0/s1. The maximum Gasteiger partial charge on any atom is 0.248 e. The Morgan fingerprint density at radius 2 is 1.39 bits per heavy atom. The SMILES string of the molecule is CCCCCCCCCCCCNC(=O)[C@H](C)O. The fourth-order valence-corrected chi connectivity index (χ4v) is 1.97. The van der Waals surface area contributed by atoms with Gasteiger partial charge in [-0.1, -0.05) is 64.7 Å². The predicted molar refractivity (Wildman–Crippen MR) is 76.5 cm³/mol. The molecule has 0 aliphatic heterocycles. The molecule has 0 aromatic carbocycles. The molecule has 0 radical (unpaired) electrons. The molecule has 18 heavy (non-hydrogen) atoms. The van der Waals surface area contributed by atoms with E-state index in [-0.39, 0.29) is 5.91 Å². The summed E-state index contributed by atoms with van der Waals surface area (Å²) >= 11 is 0. The molecule has 108 valence electrons. The van der Waals surface area contributed by atoms with Gasteiger partial charge in [0.05, 0.1) is 0 Å². The number of carbonyl (C=O) groups excluding carboxylic acids is 1. The first kappa shape index (κ1) is 17.4. The van der Waals surface area contributed by atoms with Crippen molar-refractivity contribution in [3.05, 3.63) is 0 Å². The highest BCUT2D eigenvalue weighted by atomic mass is 16.3. The van der Waals surface area contributed by atoms with Gasteiger partial charge in [0.15, 0.2) is 0 Å². The minimum Gasteiger partial charge on any atom is -0.384 e. The van der Waals surface area contributed by atoms with Crippen LogP contribution in [0.3, 0.4) is 0 Å². The van der Waals surface area contributed by atoms with Gasteiger partial charge in [-0.15, -0.1) is 0 Å². The lowest BCUT2D eigenvalue weighted by molar-refractivity contribution is -0.128. The highest BCUT2D eigenvalue weighted by Gasteiger charge is 2.06. The first-order valence-electron chi connectivity index (χ1n) is 7.64. The first-order chi connectivity index (χ1) is 8.68. The molecule has 0 spiro atoms. The van der Waals surface area contributed by atoms with Gasteiger partial charge in [0.25, 0.3) is 0 Å². The lowest BCUT2D eigenvalue weighted by Crippen LogP contribution is -2.33. The number of hydrogen-bond donors (Lipinski definition) is 2. The van der Waals surface area contributed by atoms with Crippen LogP contribution in [0.5, 0.6) is 0 Å². The molecule has 0 heterocycles. The maximum absolute atomic E-state index is 11.0. The Morgan fingerprint density at radius 3 is 1.83 bits per heavy atom. The number of rotatable bonds is 12. The minimum absolute atomic E-state index is 0.258. The van der Waals surface area contributed by atoms with Crippen LogP contribution in [0.4, 0.5) is 0 Å². The molecular formula is C15H31NO2. The second-order valence-electron chi connectivity index (χ2n) is 5.15. The monoisotopic (exact) mass is 257 g/mol. The minimum atomic E-state index is -0.881. The van der Waals surface area contributed by atoms with E-state index in [4.69, 9.17) is 5.11 Å². The van der Waals surface area contributed by atoms with E-state index in [0.29, 0.717) is 6.54 Å². The van der Waals surface area contributed by atoms with Crippen molar-refractivity contribution in [2.75, 3.05) is 6.54 Å². The lowest BCUT2D eigenvalue weighted by Gasteiger charge is -2.06. The zero-order valence-corrected chi connectivity index (χ0v) is 12.2. The van der Waals surface area contributed by atoms with Gasteiger partial charge in [-0.05, 0) is 13.3 Å². The highest BCUT2D eigenvalue weighted by molar-refractivity contribution is 5.79. The summed E-state index contributed by atoms with van der Waals surface area (Å²) < 4.78 is 0. The Morgan fingerprint density at radius 1 is 0.944 bits per heavy atom. The Labute approximate surface area is 112 Å². The molecule has 2 N–H and O–H groups in total. The Hall–Kier alpha value is -0.570. The second kappa shape index (κ2) is 12.9. The van der Waals surface area contributed by atoms with Crippen LogP contribution >= 0.6 is 0 Å². The largest absolute Gasteiger partial charge is 0.384 e. The topological polar surface area (TPSA) is 49.3 Å². The number of amides is 1. The van der Waals surface area contributed by atoms with Crippen LogP contribution in [0.15, 0.2) is 0 Å². The van der Waals surface area contributed by atoms with Crippen LogP contribution in [-0.2, 0) is 4.79 Å². The van der Waals surface area contributed by atoms with Crippen LogP contribution in [-0.4, -0.2) is 23.7 Å². The number of nitrogens with one attached hydrogen (secondary N) is 1. The molecule has 0 aliphatic carbocycles. The van der Waals surface area contributed by atoms with Crippen LogP contribution < -0.4 is 5.32 Å². The molecule has 3 heteroatoms. The van der Waals surface area contributed by atoms with Crippen molar-refractivity contribution in [2.24, 2.45) is 0 Å². The fourth-order valence-electron chi connectivity index (χ4n) is 1.97. The molecule has 1 atom stereocenters. The van der Waals surface area contributed by atoms with E-state index in [1.54, 1.807) is 0 Å². The predicted octanol–water partition coefficient (Wildman–Crippen LogP) is 3.40. The molecule has 1 amide bonds. The van der Waals surface area contributed by atoms with Gasteiger partial charge in [0, 0.05) is 6.54 Å². The summed E-state index contributed by atoms with van der Waals surface area (Å²) in [6, 6.07) is 0. The van der Waals surface area contributed by atoms with E-state index in [2.05, 4.69) is 12.2 Å². The number of aliphatic hydroxyl groups is 1. The summed E-state index contributed by atoms with van der Waals surface area (Å²) in [4.78, 5) is 11.0.